The lowest BCUT2D eigenvalue weighted by molar-refractivity contribution is -0.161. The van der Waals surface area contributed by atoms with Crippen LogP contribution < -0.4 is 0 Å². The highest BCUT2D eigenvalue weighted by Crippen LogP contribution is 2.43. The molecule has 12 heteroatoms. The van der Waals surface area contributed by atoms with E-state index in [2.05, 4.69) is 31.4 Å². The molecule has 0 saturated carbocycles. The van der Waals surface area contributed by atoms with E-state index in [0.717, 1.165) is 57.3 Å². The minimum atomic E-state index is -4.64. The summed E-state index contributed by atoms with van der Waals surface area (Å²) in [5, 5.41) is 18.3. The van der Waals surface area contributed by atoms with E-state index in [1.165, 1.54) is 96.3 Å². The van der Waals surface area contributed by atoms with Gasteiger partial charge in [0.15, 0.2) is 11.9 Å². The minimum absolute atomic E-state index is 0.109. The van der Waals surface area contributed by atoms with Crippen molar-refractivity contribution in [3.63, 3.8) is 0 Å². The van der Waals surface area contributed by atoms with Gasteiger partial charge in [0.1, 0.15) is 12.7 Å². The molecule has 0 aliphatic rings. The van der Waals surface area contributed by atoms with E-state index >= 15 is 0 Å². The molecule has 3 N–H and O–H groups in total. The number of allylic oxidation sites excluding steroid dienone is 4. The number of rotatable bonds is 42. The molecule has 4 atom stereocenters. The number of hydrogen-bond donors (Lipinski definition) is 3. The molecule has 0 saturated heterocycles. The van der Waals surface area contributed by atoms with Crippen molar-refractivity contribution in [2.75, 3.05) is 26.4 Å². The lowest BCUT2D eigenvalue weighted by atomic mass is 9.99. The van der Waals surface area contributed by atoms with Gasteiger partial charge in [-0.2, -0.15) is 0 Å². The Hall–Kier alpha value is -1.88. The molecule has 0 rings (SSSR count). The van der Waals surface area contributed by atoms with E-state index in [-0.39, 0.29) is 25.2 Å². The Morgan fingerprint density at radius 3 is 1.68 bits per heavy atom. The molecule has 0 heterocycles. The summed E-state index contributed by atoms with van der Waals surface area (Å²) in [6.07, 6.45) is 33.9. The predicted octanol–water partition coefficient (Wildman–Crippen LogP) is 11.2. The second kappa shape index (κ2) is 39.6. The molecule has 0 aromatic heterocycles. The Bertz CT molecular complexity index is 1080. The molecule has 0 fully saturated rings. The maximum absolute atomic E-state index is 12.6. The fourth-order valence-corrected chi connectivity index (χ4v) is 6.98. The minimum Gasteiger partial charge on any atom is -0.462 e. The van der Waals surface area contributed by atoms with Crippen molar-refractivity contribution in [3.05, 3.63) is 24.3 Å². The van der Waals surface area contributed by atoms with Crippen LogP contribution in [0.15, 0.2) is 24.3 Å². The van der Waals surface area contributed by atoms with Gasteiger partial charge in [-0.3, -0.25) is 23.4 Å². The Morgan fingerprint density at radius 1 is 0.632 bits per heavy atom. The average Bonchev–Trinajstić information content (AvgIpc) is 3.19. The highest BCUT2D eigenvalue weighted by Gasteiger charge is 2.27. The molecule has 57 heavy (non-hydrogen) atoms. The van der Waals surface area contributed by atoms with Crippen LogP contribution in [0.2, 0.25) is 0 Å². The van der Waals surface area contributed by atoms with E-state index in [1.54, 1.807) is 12.2 Å². The maximum atomic E-state index is 12.6. The zero-order chi connectivity index (χ0) is 42.2. The Morgan fingerprint density at radius 2 is 1.14 bits per heavy atom. The van der Waals surface area contributed by atoms with Gasteiger partial charge in [0.25, 0.3) is 0 Å². The molecule has 0 radical (unpaired) electrons. The molecule has 0 spiro atoms. The molecule has 0 aromatic rings. The fourth-order valence-electron chi connectivity index (χ4n) is 6.19. The van der Waals surface area contributed by atoms with Gasteiger partial charge >= 0.3 is 19.8 Å². The molecule has 0 bridgehead atoms. The monoisotopic (exact) mass is 831 g/mol. The third-order valence-corrected chi connectivity index (χ3v) is 11.1. The first kappa shape index (κ1) is 55.1. The summed E-state index contributed by atoms with van der Waals surface area (Å²) in [4.78, 5) is 47.0. The number of aliphatic hydroxyl groups is 2. The molecule has 334 valence electrons. The third kappa shape index (κ3) is 39.4. The highest BCUT2D eigenvalue weighted by atomic mass is 31.2. The molecule has 0 aliphatic heterocycles. The topological polar surface area (TPSA) is 166 Å². The number of hydrogen-bond acceptors (Lipinski definition) is 10. The second-order valence-corrected chi connectivity index (χ2v) is 17.2. The van der Waals surface area contributed by atoms with Gasteiger partial charge < -0.3 is 24.6 Å². The average molecular weight is 831 g/mol. The Kier molecular flexibility index (Phi) is 38.3. The summed E-state index contributed by atoms with van der Waals surface area (Å²) in [6, 6.07) is 0. The summed E-state index contributed by atoms with van der Waals surface area (Å²) in [7, 11) is -4.64. The van der Waals surface area contributed by atoms with Crippen molar-refractivity contribution in [1.82, 2.24) is 0 Å². The first-order chi connectivity index (χ1) is 27.5. The van der Waals surface area contributed by atoms with Crippen molar-refractivity contribution in [1.29, 1.82) is 0 Å². The first-order valence-electron chi connectivity index (χ1n) is 22.6. The quantitative estimate of drug-likeness (QED) is 0.0176. The van der Waals surface area contributed by atoms with Crippen LogP contribution >= 0.6 is 7.82 Å². The van der Waals surface area contributed by atoms with E-state index in [4.69, 9.17) is 19.1 Å². The molecule has 0 aliphatic carbocycles. The highest BCUT2D eigenvalue weighted by molar-refractivity contribution is 7.47. The summed E-state index contributed by atoms with van der Waals surface area (Å²) < 4.78 is 32.7. The second-order valence-electron chi connectivity index (χ2n) is 15.7. The van der Waals surface area contributed by atoms with Gasteiger partial charge in [0, 0.05) is 19.3 Å². The number of carbonyl (C=O) groups excluding carboxylic acids is 3. The molecule has 11 nitrogen and oxygen atoms in total. The van der Waals surface area contributed by atoms with Gasteiger partial charge in [-0.25, -0.2) is 4.57 Å². The zero-order valence-corrected chi connectivity index (χ0v) is 37.1. The van der Waals surface area contributed by atoms with E-state index in [1.807, 2.05) is 6.08 Å². The number of unbranched alkanes of at least 4 members (excludes halogenated alkanes) is 20. The fraction of sp³-hybridized carbons (Fsp3) is 0.844. The van der Waals surface area contributed by atoms with E-state index < -0.39 is 51.8 Å². The van der Waals surface area contributed by atoms with E-state index in [9.17, 15) is 28.9 Å². The van der Waals surface area contributed by atoms with Crippen LogP contribution in [0.4, 0.5) is 0 Å². The van der Waals surface area contributed by atoms with Gasteiger partial charge in [-0.15, -0.1) is 0 Å². The number of phosphoric acid groups is 1. The van der Waals surface area contributed by atoms with Gasteiger partial charge in [0.2, 0.25) is 0 Å². The number of aliphatic hydroxyl groups excluding tert-OH is 2. The number of phosphoric ester groups is 1. The molecular formula is C45H83O11P. The number of esters is 2. The number of ether oxygens (including phenoxy) is 2. The van der Waals surface area contributed by atoms with Crippen LogP contribution in [0.5, 0.6) is 0 Å². The smallest absolute Gasteiger partial charge is 0.462 e. The van der Waals surface area contributed by atoms with Crippen molar-refractivity contribution in [3.8, 4) is 0 Å². The largest absolute Gasteiger partial charge is 0.472 e. The van der Waals surface area contributed by atoms with Crippen molar-refractivity contribution in [2.24, 2.45) is 5.92 Å². The normalized spacial score (nSPS) is 14.5. The summed E-state index contributed by atoms with van der Waals surface area (Å²) in [5.41, 5.74) is 0. The van der Waals surface area contributed by atoms with Crippen LogP contribution in [0.3, 0.4) is 0 Å². The molecule has 0 amide bonds. The standard InChI is InChI=1S/C45H83O11P/c1-4-6-7-8-17-22-27-32-41(47)33-28-23-20-25-29-34-44(49)53-38-43(39-55-57(51,52)54-37-42(48)36-46)56-45(50)35-30-24-19-16-14-12-10-9-11-13-15-18-21-26-31-40(3)5-2/h17,22,27,32,40,42-43,46,48H,4-16,18-21,23-26,28-31,33-39H2,1-3H3,(H,51,52)/b22-17-,32-27+/t40?,42-,43+/m0/s1. The first-order valence-corrected chi connectivity index (χ1v) is 24.1. The number of ketones is 1. The van der Waals surface area contributed by atoms with Crippen LogP contribution in [0.25, 0.3) is 0 Å². The summed E-state index contributed by atoms with van der Waals surface area (Å²) in [5.74, 6) is -0.0354. The summed E-state index contributed by atoms with van der Waals surface area (Å²) in [6.45, 7) is 4.58. The third-order valence-electron chi connectivity index (χ3n) is 10.1. The van der Waals surface area contributed by atoms with Crippen molar-refractivity contribution >= 4 is 25.5 Å². The molecular weight excluding hydrogens is 747 g/mol. The Balaban J connectivity index is 4.33. The maximum Gasteiger partial charge on any atom is 0.472 e. The summed E-state index contributed by atoms with van der Waals surface area (Å²) >= 11 is 0. The van der Waals surface area contributed by atoms with Gasteiger partial charge in [-0.05, 0) is 44.1 Å². The van der Waals surface area contributed by atoms with Crippen LogP contribution in [-0.4, -0.2) is 71.5 Å². The zero-order valence-electron chi connectivity index (χ0n) is 36.2. The van der Waals surface area contributed by atoms with Crippen molar-refractivity contribution < 1.29 is 52.6 Å². The predicted molar refractivity (Wildman–Crippen MR) is 229 cm³/mol. The number of carbonyl (C=O) groups is 3. The van der Waals surface area contributed by atoms with Crippen LogP contribution in [0, 0.1) is 5.92 Å². The van der Waals surface area contributed by atoms with Gasteiger partial charge in [0.05, 0.1) is 19.8 Å². The van der Waals surface area contributed by atoms with Crippen molar-refractivity contribution in [2.45, 2.75) is 213 Å². The molecule has 0 aromatic carbocycles. The lowest BCUT2D eigenvalue weighted by Gasteiger charge is -2.20. The van der Waals surface area contributed by atoms with Crippen LogP contribution in [-0.2, 0) is 37.5 Å². The lowest BCUT2D eigenvalue weighted by Crippen LogP contribution is -2.29. The molecule has 2 unspecified atom stereocenters. The van der Waals surface area contributed by atoms with Crippen LogP contribution in [0.1, 0.15) is 201 Å². The Labute approximate surface area is 346 Å². The van der Waals surface area contributed by atoms with E-state index in [0.29, 0.717) is 19.3 Å². The SMILES string of the molecule is CCCCC/C=C\C=C\C(=O)CCCCCCCC(=O)OC[C@H](COP(=O)(O)OC[C@@H](O)CO)OC(=O)CCCCCCCCCCCCCCCCC(C)CC. The van der Waals surface area contributed by atoms with Gasteiger partial charge in [-0.1, -0.05) is 167 Å².